The maximum atomic E-state index is 9.33. The number of aliphatic hydroxyl groups is 1. The minimum atomic E-state index is -0.261. The lowest BCUT2D eigenvalue weighted by Crippen LogP contribution is -2.19. The minimum Gasteiger partial charge on any atom is -0.511 e. The van der Waals surface area contributed by atoms with Crippen molar-refractivity contribution >= 4 is 6.21 Å². The minimum absolute atomic E-state index is 0.0895. The molecule has 2 unspecified atom stereocenters. The van der Waals surface area contributed by atoms with Crippen LogP contribution in [0.3, 0.4) is 0 Å². The molecule has 1 N–H and O–H groups in total. The summed E-state index contributed by atoms with van der Waals surface area (Å²) >= 11 is 0. The number of ether oxygens (including phenoxy) is 1. The van der Waals surface area contributed by atoms with Crippen molar-refractivity contribution < 1.29 is 9.84 Å². The molecule has 0 aromatic carbocycles. The number of aliphatic imine (C=N–C) groups is 1. The maximum Gasteiger partial charge on any atom is 0.110 e. The van der Waals surface area contributed by atoms with Gasteiger partial charge in [0.2, 0.25) is 0 Å². The summed E-state index contributed by atoms with van der Waals surface area (Å²) in [6.45, 7) is 9.70. The topological polar surface area (TPSA) is 41.8 Å². The fraction of sp³-hybridized carbons (Fsp3) is 0.545. The van der Waals surface area contributed by atoms with E-state index in [2.05, 4.69) is 18.2 Å². The Balaban J connectivity index is 4.25. The summed E-state index contributed by atoms with van der Waals surface area (Å²) in [5, 5.41) is 9.33. The second kappa shape index (κ2) is 7.33. The molecule has 0 aliphatic rings. The van der Waals surface area contributed by atoms with Gasteiger partial charge in [0.15, 0.2) is 0 Å². The summed E-state index contributed by atoms with van der Waals surface area (Å²) in [5.41, 5.74) is 0. The molecule has 0 rings (SSSR count). The third-order valence-corrected chi connectivity index (χ3v) is 2.01. The number of hydrogen-bond donors (Lipinski definition) is 1. The quantitative estimate of drug-likeness (QED) is 0.503. The van der Waals surface area contributed by atoms with Crippen LogP contribution >= 0.6 is 0 Å². The molecule has 2 atom stereocenters. The molecule has 14 heavy (non-hydrogen) atoms. The molecule has 3 heteroatoms. The molecule has 3 nitrogen and oxygen atoms in total. The summed E-state index contributed by atoms with van der Waals surface area (Å²) < 4.78 is 4.96. The van der Waals surface area contributed by atoms with Crippen LogP contribution in [0.25, 0.3) is 0 Å². The van der Waals surface area contributed by atoms with Gasteiger partial charge in [-0.1, -0.05) is 26.2 Å². The van der Waals surface area contributed by atoms with Crippen LogP contribution in [0.1, 0.15) is 13.3 Å². The monoisotopic (exact) mass is 197 g/mol. The highest BCUT2D eigenvalue weighted by molar-refractivity contribution is 5.70. The van der Waals surface area contributed by atoms with Gasteiger partial charge in [0.05, 0.1) is 0 Å². The predicted molar refractivity (Wildman–Crippen MR) is 59.9 cm³/mol. The number of aliphatic hydroxyl groups excluding tert-OH is 1. The van der Waals surface area contributed by atoms with Gasteiger partial charge in [-0.3, -0.25) is 4.99 Å². The highest BCUT2D eigenvalue weighted by Crippen LogP contribution is 2.16. The zero-order valence-electron chi connectivity index (χ0n) is 8.94. The zero-order chi connectivity index (χ0) is 11.0. The van der Waals surface area contributed by atoms with Gasteiger partial charge in [0.25, 0.3) is 0 Å². The Hall–Kier alpha value is -1.09. The van der Waals surface area contributed by atoms with Gasteiger partial charge in [-0.25, -0.2) is 0 Å². The van der Waals surface area contributed by atoms with Gasteiger partial charge in [0, 0.05) is 19.9 Å². The normalized spacial score (nSPS) is 15.3. The van der Waals surface area contributed by atoms with Gasteiger partial charge < -0.3 is 9.84 Å². The second-order valence-corrected chi connectivity index (χ2v) is 3.23. The fourth-order valence-corrected chi connectivity index (χ4v) is 1.18. The number of nitrogens with zero attached hydrogens (tertiary/aromatic N) is 1. The molecular formula is C11H19NO2. The number of rotatable bonds is 7. The summed E-state index contributed by atoms with van der Waals surface area (Å²) in [6.07, 6.45) is 4.00. The Kier molecular flexibility index (Phi) is 6.76. The van der Waals surface area contributed by atoms with E-state index in [4.69, 9.17) is 4.74 Å². The molecule has 0 aliphatic heterocycles. The molecule has 0 radical (unpaired) electrons. The molecule has 80 valence electrons. The molecule has 0 saturated heterocycles. The van der Waals surface area contributed by atoms with Crippen LogP contribution in [0, 0.1) is 5.92 Å². The average molecular weight is 197 g/mol. The van der Waals surface area contributed by atoms with E-state index in [0.29, 0.717) is 6.61 Å². The van der Waals surface area contributed by atoms with Crippen LogP contribution in [-0.4, -0.2) is 31.1 Å². The smallest absolute Gasteiger partial charge is 0.110 e. The molecule has 0 amide bonds. The Bertz CT molecular complexity index is 211. The highest BCUT2D eigenvalue weighted by Gasteiger charge is 2.17. The van der Waals surface area contributed by atoms with Crippen molar-refractivity contribution in [2.24, 2.45) is 10.9 Å². The summed E-state index contributed by atoms with van der Waals surface area (Å²) in [5.74, 6) is 0.301. The molecule has 0 aliphatic carbocycles. The SMILES string of the molecule is C=CC=NC(C(=C)O)C(C)CCOC. The van der Waals surface area contributed by atoms with Crippen molar-refractivity contribution in [1.29, 1.82) is 0 Å². The van der Waals surface area contributed by atoms with E-state index >= 15 is 0 Å². The Morgan fingerprint density at radius 2 is 2.29 bits per heavy atom. The Morgan fingerprint density at radius 1 is 1.64 bits per heavy atom. The van der Waals surface area contributed by atoms with E-state index in [1.165, 1.54) is 0 Å². The third kappa shape index (κ3) is 4.82. The molecule has 0 fully saturated rings. The second-order valence-electron chi connectivity index (χ2n) is 3.23. The Morgan fingerprint density at radius 3 is 2.71 bits per heavy atom. The lowest BCUT2D eigenvalue weighted by molar-refractivity contribution is 0.172. The average Bonchev–Trinajstić information content (AvgIpc) is 2.14. The first-order chi connectivity index (χ1) is 6.63. The predicted octanol–water partition coefficient (Wildman–Crippen LogP) is 2.36. The summed E-state index contributed by atoms with van der Waals surface area (Å²) in [4.78, 5) is 4.15. The third-order valence-electron chi connectivity index (χ3n) is 2.01. The molecular weight excluding hydrogens is 178 g/mol. The Labute approximate surface area is 85.8 Å². The lowest BCUT2D eigenvalue weighted by Gasteiger charge is -2.18. The number of methoxy groups -OCH3 is 1. The van der Waals surface area contributed by atoms with Crippen molar-refractivity contribution in [1.82, 2.24) is 0 Å². The van der Waals surface area contributed by atoms with Crippen molar-refractivity contribution in [2.45, 2.75) is 19.4 Å². The van der Waals surface area contributed by atoms with Crippen LogP contribution in [0.5, 0.6) is 0 Å². The summed E-state index contributed by atoms with van der Waals surface area (Å²) in [7, 11) is 1.66. The molecule has 0 heterocycles. The van der Waals surface area contributed by atoms with E-state index in [9.17, 15) is 5.11 Å². The van der Waals surface area contributed by atoms with E-state index < -0.39 is 0 Å². The van der Waals surface area contributed by atoms with Gasteiger partial charge in [-0.2, -0.15) is 0 Å². The van der Waals surface area contributed by atoms with Crippen LogP contribution in [-0.2, 0) is 4.74 Å². The van der Waals surface area contributed by atoms with Crippen LogP contribution in [0.4, 0.5) is 0 Å². The van der Waals surface area contributed by atoms with E-state index in [1.54, 1.807) is 19.4 Å². The first kappa shape index (κ1) is 12.9. The van der Waals surface area contributed by atoms with Crippen molar-refractivity contribution in [2.75, 3.05) is 13.7 Å². The van der Waals surface area contributed by atoms with Crippen LogP contribution in [0.2, 0.25) is 0 Å². The van der Waals surface area contributed by atoms with Gasteiger partial charge in [-0.15, -0.1) is 0 Å². The zero-order valence-corrected chi connectivity index (χ0v) is 8.94. The molecule has 0 aromatic heterocycles. The van der Waals surface area contributed by atoms with Gasteiger partial charge in [-0.05, 0) is 12.3 Å². The molecule has 0 aromatic rings. The summed E-state index contributed by atoms with van der Waals surface area (Å²) in [6, 6.07) is -0.261. The largest absolute Gasteiger partial charge is 0.511 e. The van der Waals surface area contributed by atoms with Crippen LogP contribution in [0.15, 0.2) is 30.0 Å². The van der Waals surface area contributed by atoms with Gasteiger partial charge in [0.1, 0.15) is 11.8 Å². The van der Waals surface area contributed by atoms with Crippen LogP contribution < -0.4 is 0 Å². The molecule has 0 bridgehead atoms. The van der Waals surface area contributed by atoms with E-state index in [0.717, 1.165) is 6.42 Å². The molecule has 0 spiro atoms. The first-order valence-electron chi connectivity index (χ1n) is 4.64. The lowest BCUT2D eigenvalue weighted by atomic mass is 9.98. The molecule has 0 saturated carbocycles. The van der Waals surface area contributed by atoms with E-state index in [1.807, 2.05) is 6.92 Å². The fourth-order valence-electron chi connectivity index (χ4n) is 1.18. The number of allylic oxidation sites excluding steroid dienone is 1. The van der Waals surface area contributed by atoms with Crippen molar-refractivity contribution in [3.05, 3.63) is 25.0 Å². The maximum absolute atomic E-state index is 9.33. The highest BCUT2D eigenvalue weighted by atomic mass is 16.5. The number of hydrogen-bond acceptors (Lipinski definition) is 3. The first-order valence-corrected chi connectivity index (χ1v) is 4.64. The van der Waals surface area contributed by atoms with Crippen molar-refractivity contribution in [3.63, 3.8) is 0 Å². The van der Waals surface area contributed by atoms with Crippen molar-refractivity contribution in [3.8, 4) is 0 Å². The van der Waals surface area contributed by atoms with E-state index in [-0.39, 0.29) is 17.7 Å². The standard InChI is InChI=1S/C11H19NO2/c1-5-7-12-11(10(3)13)9(2)6-8-14-4/h5,7,9,11,13H,1,3,6,8H2,2,4H3. The van der Waals surface area contributed by atoms with Gasteiger partial charge >= 0.3 is 0 Å².